The van der Waals surface area contributed by atoms with Crippen LogP contribution in [0.25, 0.3) is 11.0 Å². The maximum Gasteiger partial charge on any atom is 0.303 e. The van der Waals surface area contributed by atoms with Crippen LogP contribution >= 0.6 is 11.6 Å². The van der Waals surface area contributed by atoms with E-state index in [0.717, 1.165) is 33.5 Å². The first kappa shape index (κ1) is 29.8. The van der Waals surface area contributed by atoms with Crippen LogP contribution in [0.1, 0.15) is 48.7 Å². The molecule has 0 aliphatic rings. The largest absolute Gasteiger partial charge is 0.488 e. The molecule has 0 atom stereocenters. The van der Waals surface area contributed by atoms with Gasteiger partial charge in [-0.3, -0.25) is 4.79 Å². The van der Waals surface area contributed by atoms with Gasteiger partial charge in [0.25, 0.3) is 0 Å². The number of aliphatic carboxylic acids is 1. The second kappa shape index (κ2) is 13.1. The summed E-state index contributed by atoms with van der Waals surface area (Å²) in [6, 6.07) is 24.4. The van der Waals surface area contributed by atoms with E-state index in [4.69, 9.17) is 36.5 Å². The Morgan fingerprint density at radius 1 is 0.953 bits per heavy atom. The first-order valence-corrected chi connectivity index (χ1v) is 14.4. The molecule has 0 fully saturated rings. The summed E-state index contributed by atoms with van der Waals surface area (Å²) in [4.78, 5) is 15.9. The Labute approximate surface area is 255 Å². The standard InChI is InChI=1S/C34H34ClN3O5/c1-21(2)27-5-4-6-30(34(27)36)43-26-14-15-28-29(17-26)38(3)32(37-28)20-41-25-13-9-23(10-16-33(39)40)31(18-25)42-19-22-7-11-24(35)12-8-22/h4-9,11-15,17-18,21H,10,16,19-20,36H2,1-3H3,(H,39,40). The van der Waals surface area contributed by atoms with Crippen molar-refractivity contribution in [2.45, 2.75) is 45.8 Å². The number of ether oxygens (including phenoxy) is 3. The molecular weight excluding hydrogens is 566 g/mol. The maximum atomic E-state index is 11.2. The number of nitrogen functional groups attached to an aromatic ring is 1. The lowest BCUT2D eigenvalue weighted by Gasteiger charge is -2.14. The lowest BCUT2D eigenvalue weighted by atomic mass is 10.0. The molecule has 0 spiro atoms. The third-order valence-corrected chi connectivity index (χ3v) is 7.47. The van der Waals surface area contributed by atoms with Gasteiger partial charge in [0, 0.05) is 30.6 Å². The van der Waals surface area contributed by atoms with Gasteiger partial charge >= 0.3 is 5.97 Å². The van der Waals surface area contributed by atoms with Crippen LogP contribution in [0, 0.1) is 0 Å². The van der Waals surface area contributed by atoms with E-state index >= 15 is 0 Å². The smallest absolute Gasteiger partial charge is 0.303 e. The summed E-state index contributed by atoms with van der Waals surface area (Å²) in [7, 11) is 1.93. The van der Waals surface area contributed by atoms with Gasteiger partial charge in [-0.1, -0.05) is 55.8 Å². The van der Waals surface area contributed by atoms with Crippen LogP contribution in [0.15, 0.2) is 78.9 Å². The molecule has 222 valence electrons. The van der Waals surface area contributed by atoms with Crippen LogP contribution in [-0.4, -0.2) is 20.6 Å². The highest BCUT2D eigenvalue weighted by molar-refractivity contribution is 6.30. The van der Waals surface area contributed by atoms with E-state index < -0.39 is 5.97 Å². The van der Waals surface area contributed by atoms with Crippen molar-refractivity contribution in [3.05, 3.63) is 106 Å². The van der Waals surface area contributed by atoms with E-state index in [1.165, 1.54) is 0 Å². The van der Waals surface area contributed by atoms with Crippen molar-refractivity contribution in [3.63, 3.8) is 0 Å². The number of nitrogens with two attached hydrogens (primary N) is 1. The Kier molecular flexibility index (Phi) is 9.07. The monoisotopic (exact) mass is 599 g/mol. The molecule has 0 bridgehead atoms. The molecule has 9 heteroatoms. The van der Waals surface area contributed by atoms with Crippen molar-refractivity contribution in [2.24, 2.45) is 7.05 Å². The second-order valence-corrected chi connectivity index (χ2v) is 11.1. The number of hydrogen-bond donors (Lipinski definition) is 2. The Balaban J connectivity index is 1.32. The van der Waals surface area contributed by atoms with Crippen molar-refractivity contribution >= 4 is 34.3 Å². The van der Waals surface area contributed by atoms with Crippen molar-refractivity contribution in [1.82, 2.24) is 9.55 Å². The summed E-state index contributed by atoms with van der Waals surface area (Å²) in [5.74, 6) is 2.59. The summed E-state index contributed by atoms with van der Waals surface area (Å²) in [5.41, 5.74) is 11.5. The summed E-state index contributed by atoms with van der Waals surface area (Å²) in [6.07, 6.45) is 0.340. The van der Waals surface area contributed by atoms with Crippen LogP contribution in [0.2, 0.25) is 5.02 Å². The molecule has 0 aliphatic carbocycles. The average Bonchev–Trinajstić information content (AvgIpc) is 3.30. The lowest BCUT2D eigenvalue weighted by molar-refractivity contribution is -0.136. The Morgan fingerprint density at radius 2 is 1.72 bits per heavy atom. The second-order valence-electron chi connectivity index (χ2n) is 10.6. The highest BCUT2D eigenvalue weighted by Crippen LogP contribution is 2.35. The molecule has 0 saturated heterocycles. The molecule has 0 amide bonds. The minimum atomic E-state index is -0.869. The molecule has 5 rings (SSSR count). The van der Waals surface area contributed by atoms with Crippen molar-refractivity contribution in [3.8, 4) is 23.0 Å². The Bertz CT molecular complexity index is 1750. The topological polar surface area (TPSA) is 109 Å². The number of aryl methyl sites for hydroxylation is 2. The van der Waals surface area contributed by atoms with E-state index in [1.54, 1.807) is 18.2 Å². The van der Waals surface area contributed by atoms with Gasteiger partial charge in [-0.05, 0) is 65.4 Å². The summed E-state index contributed by atoms with van der Waals surface area (Å²) >= 11 is 6.00. The van der Waals surface area contributed by atoms with Crippen molar-refractivity contribution in [2.75, 3.05) is 5.73 Å². The van der Waals surface area contributed by atoms with Crippen LogP contribution in [0.4, 0.5) is 5.69 Å². The van der Waals surface area contributed by atoms with Gasteiger partial charge < -0.3 is 29.6 Å². The zero-order valence-corrected chi connectivity index (χ0v) is 25.1. The van der Waals surface area contributed by atoms with E-state index in [1.807, 2.05) is 72.3 Å². The van der Waals surface area contributed by atoms with Crippen LogP contribution < -0.4 is 19.9 Å². The first-order chi connectivity index (χ1) is 20.7. The molecule has 0 aliphatic heterocycles. The zero-order valence-electron chi connectivity index (χ0n) is 24.3. The number of benzene rings is 4. The van der Waals surface area contributed by atoms with Gasteiger partial charge in [-0.2, -0.15) is 0 Å². The fraction of sp³-hybridized carbons (Fsp3) is 0.235. The lowest BCUT2D eigenvalue weighted by Crippen LogP contribution is -2.05. The molecule has 1 heterocycles. The number of fused-ring (bicyclic) bond motifs is 1. The first-order valence-electron chi connectivity index (χ1n) is 14.0. The maximum absolute atomic E-state index is 11.2. The molecule has 1 aromatic heterocycles. The van der Waals surface area contributed by atoms with Gasteiger partial charge in [0.1, 0.15) is 36.3 Å². The quantitative estimate of drug-likeness (QED) is 0.140. The van der Waals surface area contributed by atoms with Crippen LogP contribution in [0.5, 0.6) is 23.0 Å². The molecule has 4 aromatic carbocycles. The summed E-state index contributed by atoms with van der Waals surface area (Å²) in [5, 5.41) is 9.83. The summed E-state index contributed by atoms with van der Waals surface area (Å²) in [6.45, 7) is 4.73. The molecule has 3 N–H and O–H groups in total. The van der Waals surface area contributed by atoms with Gasteiger partial charge in [-0.15, -0.1) is 0 Å². The normalized spacial score (nSPS) is 11.2. The Morgan fingerprint density at radius 3 is 2.47 bits per heavy atom. The fourth-order valence-electron chi connectivity index (χ4n) is 4.79. The van der Waals surface area contributed by atoms with E-state index in [2.05, 4.69) is 13.8 Å². The predicted octanol–water partition coefficient (Wildman–Crippen LogP) is 7.90. The van der Waals surface area contributed by atoms with Crippen molar-refractivity contribution < 1.29 is 24.1 Å². The fourth-order valence-corrected chi connectivity index (χ4v) is 4.92. The van der Waals surface area contributed by atoms with E-state index in [9.17, 15) is 9.90 Å². The zero-order chi connectivity index (χ0) is 30.5. The van der Waals surface area contributed by atoms with Crippen molar-refractivity contribution in [1.29, 1.82) is 0 Å². The minimum Gasteiger partial charge on any atom is -0.488 e. The molecule has 0 radical (unpaired) electrons. The number of carbonyl (C=O) groups is 1. The van der Waals surface area contributed by atoms with Gasteiger partial charge in [0.15, 0.2) is 5.75 Å². The molecule has 43 heavy (non-hydrogen) atoms. The van der Waals surface area contributed by atoms with Crippen LogP contribution in [-0.2, 0) is 31.5 Å². The number of anilines is 1. The number of carboxylic acid groups (broad SMARTS) is 1. The Hall–Kier alpha value is -4.69. The predicted molar refractivity (Wildman–Crippen MR) is 168 cm³/mol. The average molecular weight is 600 g/mol. The SMILES string of the molecule is CC(C)c1cccc(Oc2ccc3nc(COc4ccc(CCC(=O)O)c(OCc5ccc(Cl)cc5)c4)n(C)c3c2)c1N. The highest BCUT2D eigenvalue weighted by atomic mass is 35.5. The molecule has 8 nitrogen and oxygen atoms in total. The van der Waals surface area contributed by atoms with E-state index in [-0.39, 0.29) is 18.9 Å². The molecular formula is C34H34ClN3O5. The number of halogens is 1. The minimum absolute atomic E-state index is 0.00117. The molecule has 5 aromatic rings. The highest BCUT2D eigenvalue weighted by Gasteiger charge is 2.14. The summed E-state index contributed by atoms with van der Waals surface area (Å²) < 4.78 is 20.3. The number of imidazole rings is 1. The number of aromatic nitrogens is 2. The number of para-hydroxylation sites is 1. The van der Waals surface area contributed by atoms with Gasteiger partial charge in [0.05, 0.1) is 16.7 Å². The number of nitrogens with zero attached hydrogens (tertiary/aromatic N) is 2. The van der Waals surface area contributed by atoms with Gasteiger partial charge in [0.2, 0.25) is 0 Å². The van der Waals surface area contributed by atoms with Crippen LogP contribution in [0.3, 0.4) is 0 Å². The number of rotatable bonds is 12. The molecule has 0 saturated carbocycles. The number of hydrogen-bond acceptors (Lipinski definition) is 6. The molecule has 0 unspecified atom stereocenters. The third kappa shape index (κ3) is 7.21. The van der Waals surface area contributed by atoms with Gasteiger partial charge in [-0.25, -0.2) is 4.98 Å². The van der Waals surface area contributed by atoms with E-state index in [0.29, 0.717) is 46.7 Å². The number of carboxylic acids is 1. The third-order valence-electron chi connectivity index (χ3n) is 7.22.